The molecule has 0 bridgehead atoms. The Hall–Kier alpha value is -1.08. The number of rotatable bonds is 5. The van der Waals surface area contributed by atoms with Crippen molar-refractivity contribution in [3.63, 3.8) is 0 Å². The Kier molecular flexibility index (Phi) is 5.21. The van der Waals surface area contributed by atoms with Crippen LogP contribution in [0.5, 0.6) is 0 Å². The quantitative estimate of drug-likeness (QED) is 0.769. The third-order valence-corrected chi connectivity index (χ3v) is 4.44. The van der Waals surface area contributed by atoms with E-state index in [-0.39, 0.29) is 0 Å². The first-order valence-corrected chi connectivity index (χ1v) is 7.62. The average molecular weight is 257 g/mol. The molecule has 1 heteroatoms. The predicted octanol–water partition coefficient (Wildman–Crippen LogP) is 4.44. The summed E-state index contributed by atoms with van der Waals surface area (Å²) in [4.78, 5) is 0. The maximum absolute atomic E-state index is 4.05. The van der Waals surface area contributed by atoms with Crippen LogP contribution in [-0.2, 0) is 6.42 Å². The predicted molar refractivity (Wildman–Crippen MR) is 83.6 cm³/mol. The van der Waals surface area contributed by atoms with E-state index in [9.17, 15) is 0 Å². The number of benzene rings is 1. The topological polar surface area (TPSA) is 12.0 Å². The van der Waals surface area contributed by atoms with E-state index >= 15 is 0 Å². The minimum atomic E-state index is 0.389. The van der Waals surface area contributed by atoms with Crippen molar-refractivity contribution in [3.05, 3.63) is 47.5 Å². The summed E-state index contributed by atoms with van der Waals surface area (Å²) in [7, 11) is 2.01. The van der Waals surface area contributed by atoms with Crippen molar-refractivity contribution < 1.29 is 0 Å². The van der Waals surface area contributed by atoms with Crippen LogP contribution in [0.4, 0.5) is 0 Å². The van der Waals surface area contributed by atoms with Gasteiger partial charge in [-0.1, -0.05) is 55.7 Å². The fourth-order valence-corrected chi connectivity index (χ4v) is 3.12. The lowest BCUT2D eigenvalue weighted by Gasteiger charge is -2.22. The summed E-state index contributed by atoms with van der Waals surface area (Å²) < 4.78 is 0. The highest BCUT2D eigenvalue weighted by molar-refractivity contribution is 5.27. The van der Waals surface area contributed by atoms with Gasteiger partial charge in [-0.2, -0.15) is 0 Å². The standard InChI is InChI=1S/C18H27N/c1-14(2)18(19-3)13-15-9-11-17(12-10-15)16-7-5-4-6-8-16/h9-12,16,18-19H,1,4-8,13H2,2-3H3/t18-/m0/s1. The van der Waals surface area contributed by atoms with Gasteiger partial charge < -0.3 is 5.32 Å². The van der Waals surface area contributed by atoms with Crippen molar-refractivity contribution in [1.29, 1.82) is 0 Å². The summed E-state index contributed by atoms with van der Waals surface area (Å²) in [6, 6.07) is 9.68. The summed E-state index contributed by atoms with van der Waals surface area (Å²) in [6.45, 7) is 6.15. The second kappa shape index (κ2) is 6.91. The number of hydrogen-bond acceptors (Lipinski definition) is 1. The molecule has 1 aromatic carbocycles. The van der Waals surface area contributed by atoms with Gasteiger partial charge in [-0.15, -0.1) is 0 Å². The van der Waals surface area contributed by atoms with Crippen molar-refractivity contribution in [1.82, 2.24) is 5.32 Å². The molecule has 0 radical (unpaired) electrons. The summed E-state index contributed by atoms with van der Waals surface area (Å²) in [6.07, 6.45) is 8.04. The third-order valence-electron chi connectivity index (χ3n) is 4.44. The zero-order valence-corrected chi connectivity index (χ0v) is 12.4. The van der Waals surface area contributed by atoms with Crippen LogP contribution >= 0.6 is 0 Å². The lowest BCUT2D eigenvalue weighted by Crippen LogP contribution is -2.28. The van der Waals surface area contributed by atoms with Crippen LogP contribution < -0.4 is 5.32 Å². The largest absolute Gasteiger partial charge is 0.313 e. The Morgan fingerprint density at radius 2 is 1.84 bits per heavy atom. The molecule has 2 rings (SSSR count). The van der Waals surface area contributed by atoms with E-state index in [1.165, 1.54) is 43.2 Å². The van der Waals surface area contributed by atoms with Gasteiger partial charge in [-0.05, 0) is 50.3 Å². The maximum Gasteiger partial charge on any atom is 0.0311 e. The molecule has 104 valence electrons. The summed E-state index contributed by atoms with van der Waals surface area (Å²) in [5, 5.41) is 3.33. The Morgan fingerprint density at radius 1 is 1.21 bits per heavy atom. The molecule has 1 aliphatic carbocycles. The molecule has 0 saturated heterocycles. The molecule has 1 nitrogen and oxygen atoms in total. The van der Waals surface area contributed by atoms with E-state index in [1.807, 2.05) is 7.05 Å². The fraction of sp³-hybridized carbons (Fsp3) is 0.556. The molecule has 0 heterocycles. The Bertz CT molecular complexity index is 398. The Labute approximate surface area is 118 Å². The van der Waals surface area contributed by atoms with E-state index < -0.39 is 0 Å². The number of likely N-dealkylation sites (N-methyl/N-ethyl adjacent to an activating group) is 1. The molecule has 0 unspecified atom stereocenters. The SMILES string of the molecule is C=C(C)[C@H](Cc1ccc(C2CCCCC2)cc1)NC. The molecule has 19 heavy (non-hydrogen) atoms. The molecule has 1 aliphatic rings. The third kappa shape index (κ3) is 3.94. The first-order chi connectivity index (χ1) is 9.20. The minimum absolute atomic E-state index is 0.389. The Balaban J connectivity index is 1.99. The van der Waals surface area contributed by atoms with Crippen LogP contribution in [0.3, 0.4) is 0 Å². The smallest absolute Gasteiger partial charge is 0.0311 e. The van der Waals surface area contributed by atoms with Crippen molar-refractivity contribution >= 4 is 0 Å². The van der Waals surface area contributed by atoms with E-state index in [2.05, 4.69) is 43.1 Å². The van der Waals surface area contributed by atoms with Crippen molar-refractivity contribution in [2.24, 2.45) is 0 Å². The molecule has 0 aromatic heterocycles. The average Bonchev–Trinajstić information content (AvgIpc) is 2.46. The van der Waals surface area contributed by atoms with Gasteiger partial charge in [0, 0.05) is 6.04 Å². The molecule has 1 aromatic rings. The van der Waals surface area contributed by atoms with Crippen LogP contribution in [0, 0.1) is 0 Å². The highest BCUT2D eigenvalue weighted by Crippen LogP contribution is 2.32. The normalized spacial score (nSPS) is 18.2. The lowest BCUT2D eigenvalue weighted by molar-refractivity contribution is 0.443. The van der Waals surface area contributed by atoms with Crippen molar-refractivity contribution in [2.75, 3.05) is 7.05 Å². The van der Waals surface area contributed by atoms with E-state index in [0.717, 1.165) is 12.3 Å². The van der Waals surface area contributed by atoms with Gasteiger partial charge in [0.2, 0.25) is 0 Å². The molecular weight excluding hydrogens is 230 g/mol. The number of hydrogen-bond donors (Lipinski definition) is 1. The molecular formula is C18H27N. The molecule has 1 N–H and O–H groups in total. The van der Waals surface area contributed by atoms with Gasteiger partial charge in [0.1, 0.15) is 0 Å². The second-order valence-corrected chi connectivity index (χ2v) is 5.97. The summed E-state index contributed by atoms with van der Waals surface area (Å²) in [5.41, 5.74) is 4.15. The van der Waals surface area contributed by atoms with Crippen LogP contribution in [0.15, 0.2) is 36.4 Å². The van der Waals surface area contributed by atoms with Crippen molar-refractivity contribution in [2.45, 2.75) is 57.4 Å². The zero-order chi connectivity index (χ0) is 13.7. The molecule has 1 atom stereocenters. The maximum atomic E-state index is 4.05. The zero-order valence-electron chi connectivity index (χ0n) is 12.4. The van der Waals surface area contributed by atoms with Gasteiger partial charge in [0.15, 0.2) is 0 Å². The minimum Gasteiger partial charge on any atom is -0.313 e. The molecule has 1 fully saturated rings. The highest BCUT2D eigenvalue weighted by atomic mass is 14.9. The van der Waals surface area contributed by atoms with E-state index in [4.69, 9.17) is 0 Å². The molecule has 0 aliphatic heterocycles. The second-order valence-electron chi connectivity index (χ2n) is 5.97. The Morgan fingerprint density at radius 3 is 2.37 bits per heavy atom. The molecule has 0 spiro atoms. The van der Waals surface area contributed by atoms with Crippen LogP contribution in [-0.4, -0.2) is 13.1 Å². The van der Waals surface area contributed by atoms with Gasteiger partial charge in [0.25, 0.3) is 0 Å². The number of nitrogens with one attached hydrogen (secondary N) is 1. The summed E-state index contributed by atoms with van der Waals surface area (Å²) >= 11 is 0. The highest BCUT2D eigenvalue weighted by Gasteiger charge is 2.15. The van der Waals surface area contributed by atoms with Crippen LogP contribution in [0.1, 0.15) is 56.1 Å². The lowest BCUT2D eigenvalue weighted by atomic mass is 9.83. The van der Waals surface area contributed by atoms with E-state index in [1.54, 1.807) is 5.56 Å². The van der Waals surface area contributed by atoms with Crippen LogP contribution in [0.2, 0.25) is 0 Å². The van der Waals surface area contributed by atoms with Gasteiger partial charge >= 0.3 is 0 Å². The monoisotopic (exact) mass is 257 g/mol. The van der Waals surface area contributed by atoms with E-state index in [0.29, 0.717) is 6.04 Å². The fourth-order valence-electron chi connectivity index (χ4n) is 3.12. The van der Waals surface area contributed by atoms with Gasteiger partial charge in [-0.25, -0.2) is 0 Å². The molecule has 0 amide bonds. The van der Waals surface area contributed by atoms with Crippen molar-refractivity contribution in [3.8, 4) is 0 Å². The first kappa shape index (κ1) is 14.3. The summed E-state index contributed by atoms with van der Waals surface area (Å²) in [5.74, 6) is 0.809. The van der Waals surface area contributed by atoms with Gasteiger partial charge in [0.05, 0.1) is 0 Å². The molecule has 1 saturated carbocycles. The van der Waals surface area contributed by atoms with Gasteiger partial charge in [-0.3, -0.25) is 0 Å². The first-order valence-electron chi connectivity index (χ1n) is 7.62. The van der Waals surface area contributed by atoms with Crippen LogP contribution in [0.25, 0.3) is 0 Å².